The molecule has 0 spiro atoms. The minimum atomic E-state index is -0.458. The van der Waals surface area contributed by atoms with Crippen LogP contribution in [0.15, 0.2) is 16.6 Å². The lowest BCUT2D eigenvalue weighted by Crippen LogP contribution is -2.31. The third-order valence-corrected chi connectivity index (χ3v) is 4.27. The van der Waals surface area contributed by atoms with Crippen molar-refractivity contribution in [2.75, 3.05) is 19.8 Å². The van der Waals surface area contributed by atoms with Gasteiger partial charge in [-0.25, -0.2) is 0 Å². The van der Waals surface area contributed by atoms with Crippen molar-refractivity contribution in [3.05, 3.63) is 27.7 Å². The lowest BCUT2D eigenvalue weighted by molar-refractivity contribution is 0.0509. The number of benzene rings is 1. The number of aliphatic hydroxyl groups excluding tert-OH is 2. The van der Waals surface area contributed by atoms with Gasteiger partial charge in [-0.15, -0.1) is 0 Å². The van der Waals surface area contributed by atoms with Crippen molar-refractivity contribution in [3.8, 4) is 5.75 Å². The van der Waals surface area contributed by atoms with Gasteiger partial charge in [0.2, 0.25) is 0 Å². The zero-order chi connectivity index (χ0) is 13.2. The Morgan fingerprint density at radius 3 is 2.67 bits per heavy atom. The molecule has 0 aliphatic carbocycles. The molecule has 3 nitrogen and oxygen atoms in total. The van der Waals surface area contributed by atoms with Gasteiger partial charge in [-0.1, -0.05) is 22.9 Å². The van der Waals surface area contributed by atoms with Crippen LogP contribution in [0.1, 0.15) is 24.5 Å². The van der Waals surface area contributed by atoms with E-state index >= 15 is 0 Å². The van der Waals surface area contributed by atoms with Crippen LogP contribution in [0.5, 0.6) is 5.75 Å². The molecule has 100 valence electrons. The molecule has 18 heavy (non-hydrogen) atoms. The van der Waals surface area contributed by atoms with Crippen molar-refractivity contribution in [2.45, 2.75) is 26.2 Å². The van der Waals surface area contributed by atoms with Crippen LogP contribution in [0.4, 0.5) is 0 Å². The Kier molecular flexibility index (Phi) is 4.30. The molecule has 0 radical (unpaired) electrons. The summed E-state index contributed by atoms with van der Waals surface area (Å²) in [5.74, 6) is 0.943. The predicted octanol–water partition coefficient (Wildman–Crippen LogP) is 2.31. The lowest BCUT2D eigenvalue weighted by Gasteiger charge is -2.29. The van der Waals surface area contributed by atoms with Gasteiger partial charge in [0.05, 0.1) is 19.8 Å². The van der Waals surface area contributed by atoms with Crippen LogP contribution in [0.3, 0.4) is 0 Å². The van der Waals surface area contributed by atoms with E-state index in [2.05, 4.69) is 22.0 Å². The first-order valence-corrected chi connectivity index (χ1v) is 7.09. The van der Waals surface area contributed by atoms with E-state index in [0.29, 0.717) is 6.42 Å². The number of aliphatic hydroxyl groups is 2. The first-order chi connectivity index (χ1) is 8.64. The minimum Gasteiger partial charge on any atom is -0.493 e. The summed E-state index contributed by atoms with van der Waals surface area (Å²) >= 11 is 3.51. The Hall–Kier alpha value is -0.580. The highest BCUT2D eigenvalue weighted by Crippen LogP contribution is 2.37. The fourth-order valence-corrected chi connectivity index (χ4v) is 2.94. The Labute approximate surface area is 116 Å². The van der Waals surface area contributed by atoms with Crippen LogP contribution in [0.2, 0.25) is 0 Å². The molecule has 0 saturated heterocycles. The third-order valence-electron chi connectivity index (χ3n) is 3.81. The Balaban J connectivity index is 2.34. The molecular formula is C14H19BrO3. The summed E-state index contributed by atoms with van der Waals surface area (Å²) < 4.78 is 6.71. The number of halogens is 1. The fraction of sp³-hybridized carbons (Fsp3) is 0.571. The van der Waals surface area contributed by atoms with E-state index in [1.807, 2.05) is 13.0 Å². The van der Waals surface area contributed by atoms with Gasteiger partial charge in [0.25, 0.3) is 0 Å². The van der Waals surface area contributed by atoms with Crippen LogP contribution >= 0.6 is 15.9 Å². The van der Waals surface area contributed by atoms with Crippen molar-refractivity contribution in [2.24, 2.45) is 5.41 Å². The van der Waals surface area contributed by atoms with Crippen LogP contribution in [0, 0.1) is 5.41 Å². The molecule has 0 bridgehead atoms. The largest absolute Gasteiger partial charge is 0.493 e. The van der Waals surface area contributed by atoms with Crippen LogP contribution in [0.25, 0.3) is 0 Å². The van der Waals surface area contributed by atoms with Gasteiger partial charge < -0.3 is 14.9 Å². The van der Waals surface area contributed by atoms with Crippen LogP contribution < -0.4 is 4.74 Å². The summed E-state index contributed by atoms with van der Waals surface area (Å²) in [7, 11) is 0. The molecule has 1 aromatic rings. The molecule has 0 aromatic heterocycles. The quantitative estimate of drug-likeness (QED) is 0.877. The summed E-state index contributed by atoms with van der Waals surface area (Å²) in [5, 5.41) is 19.1. The minimum absolute atomic E-state index is 0.0126. The molecule has 1 heterocycles. The molecule has 0 fully saturated rings. The molecule has 0 saturated carbocycles. The average molecular weight is 315 g/mol. The Bertz CT molecular complexity index is 419. The number of fused-ring (bicyclic) bond motifs is 1. The summed E-state index contributed by atoms with van der Waals surface area (Å²) in [6.07, 6.45) is 2.30. The summed E-state index contributed by atoms with van der Waals surface area (Å²) in [4.78, 5) is 0. The van der Waals surface area contributed by atoms with Crippen LogP contribution in [-0.2, 0) is 12.8 Å². The molecule has 2 N–H and O–H groups in total. The van der Waals surface area contributed by atoms with Gasteiger partial charge in [0.1, 0.15) is 5.75 Å². The highest BCUT2D eigenvalue weighted by Gasteiger charge is 2.30. The maximum Gasteiger partial charge on any atom is 0.125 e. The van der Waals surface area contributed by atoms with Gasteiger partial charge in [0, 0.05) is 16.3 Å². The van der Waals surface area contributed by atoms with Crippen molar-refractivity contribution in [3.63, 3.8) is 0 Å². The average Bonchev–Trinajstić information content (AvgIpc) is 2.84. The van der Waals surface area contributed by atoms with Crippen LogP contribution in [-0.4, -0.2) is 30.0 Å². The van der Waals surface area contributed by atoms with Crippen molar-refractivity contribution in [1.82, 2.24) is 0 Å². The Morgan fingerprint density at radius 2 is 2.06 bits per heavy atom. The summed E-state index contributed by atoms with van der Waals surface area (Å²) in [6, 6.07) is 4.11. The molecule has 0 unspecified atom stereocenters. The SMILES string of the molecule is CCC(CO)(CO)Cc1cc(Br)cc2c1OCC2. The zero-order valence-corrected chi connectivity index (χ0v) is 12.2. The molecular weight excluding hydrogens is 296 g/mol. The number of hydrogen-bond donors (Lipinski definition) is 2. The molecule has 2 rings (SSSR count). The standard InChI is InChI=1S/C14H19BrO3/c1-2-14(8-16,9-17)7-11-6-12(15)5-10-3-4-18-13(10)11/h5-6,16-17H,2-4,7-9H2,1H3. The maximum atomic E-state index is 9.54. The van der Waals surface area contributed by atoms with Gasteiger partial charge in [-0.05, 0) is 36.1 Å². The van der Waals surface area contributed by atoms with Gasteiger partial charge in [-0.2, -0.15) is 0 Å². The second-order valence-corrected chi connectivity index (χ2v) is 5.91. The van der Waals surface area contributed by atoms with Gasteiger partial charge in [-0.3, -0.25) is 0 Å². The maximum absolute atomic E-state index is 9.54. The molecule has 0 amide bonds. The van der Waals surface area contributed by atoms with Gasteiger partial charge in [0.15, 0.2) is 0 Å². The number of hydrogen-bond acceptors (Lipinski definition) is 3. The first kappa shape index (κ1) is 13.8. The third kappa shape index (κ3) is 2.56. The highest BCUT2D eigenvalue weighted by atomic mass is 79.9. The zero-order valence-electron chi connectivity index (χ0n) is 10.6. The number of ether oxygens (including phenoxy) is 1. The molecule has 1 aliphatic heterocycles. The fourth-order valence-electron chi connectivity index (χ4n) is 2.39. The predicted molar refractivity (Wildman–Crippen MR) is 73.9 cm³/mol. The van der Waals surface area contributed by atoms with E-state index < -0.39 is 5.41 Å². The monoisotopic (exact) mass is 314 g/mol. The van der Waals surface area contributed by atoms with E-state index in [9.17, 15) is 10.2 Å². The molecule has 1 aliphatic rings. The molecule has 0 atom stereocenters. The lowest BCUT2D eigenvalue weighted by atomic mass is 9.80. The van der Waals surface area contributed by atoms with Crippen molar-refractivity contribution < 1.29 is 14.9 Å². The highest BCUT2D eigenvalue weighted by molar-refractivity contribution is 9.10. The van der Waals surface area contributed by atoms with E-state index in [1.54, 1.807) is 0 Å². The molecule has 4 heteroatoms. The molecule has 1 aromatic carbocycles. The van der Waals surface area contributed by atoms with E-state index in [-0.39, 0.29) is 13.2 Å². The Morgan fingerprint density at radius 1 is 1.33 bits per heavy atom. The second-order valence-electron chi connectivity index (χ2n) is 5.00. The van der Waals surface area contributed by atoms with Gasteiger partial charge >= 0.3 is 0 Å². The van der Waals surface area contributed by atoms with E-state index in [0.717, 1.165) is 35.2 Å². The summed E-state index contributed by atoms with van der Waals surface area (Å²) in [5.41, 5.74) is 1.82. The van der Waals surface area contributed by atoms with Crippen molar-refractivity contribution in [1.29, 1.82) is 0 Å². The van der Waals surface area contributed by atoms with E-state index in [4.69, 9.17) is 4.74 Å². The second kappa shape index (κ2) is 5.59. The smallest absolute Gasteiger partial charge is 0.125 e. The topological polar surface area (TPSA) is 49.7 Å². The van der Waals surface area contributed by atoms with Crippen molar-refractivity contribution >= 4 is 15.9 Å². The number of rotatable bonds is 5. The normalized spacial score (nSPS) is 14.4. The summed E-state index contributed by atoms with van der Waals surface area (Å²) in [6.45, 7) is 2.68. The van der Waals surface area contributed by atoms with E-state index in [1.165, 1.54) is 5.56 Å². The first-order valence-electron chi connectivity index (χ1n) is 6.30.